The summed E-state index contributed by atoms with van der Waals surface area (Å²) in [5.74, 6) is 0. The predicted molar refractivity (Wildman–Crippen MR) is 55.3 cm³/mol. The summed E-state index contributed by atoms with van der Waals surface area (Å²) >= 11 is 4.09. The molecule has 0 atom stereocenters. The van der Waals surface area contributed by atoms with Crippen molar-refractivity contribution < 1.29 is 8.78 Å². The molecule has 0 saturated heterocycles. The SMILES string of the molecule is FC(F)=C(CBr)Sc1ccccc1. The van der Waals surface area contributed by atoms with E-state index in [1.54, 1.807) is 12.1 Å². The minimum atomic E-state index is -1.62. The molecule has 13 heavy (non-hydrogen) atoms. The zero-order valence-corrected chi connectivity index (χ0v) is 9.04. The van der Waals surface area contributed by atoms with Gasteiger partial charge in [0.2, 0.25) is 0 Å². The van der Waals surface area contributed by atoms with Gasteiger partial charge in [0.1, 0.15) is 0 Å². The van der Waals surface area contributed by atoms with Crippen molar-refractivity contribution in [2.75, 3.05) is 5.33 Å². The Morgan fingerprint density at radius 1 is 1.23 bits per heavy atom. The first kappa shape index (κ1) is 10.7. The number of alkyl halides is 1. The maximum absolute atomic E-state index is 12.2. The van der Waals surface area contributed by atoms with E-state index in [1.807, 2.05) is 18.2 Å². The molecule has 1 rings (SSSR count). The number of allylic oxidation sites excluding steroid dienone is 1. The van der Waals surface area contributed by atoms with E-state index < -0.39 is 6.08 Å². The molecule has 0 N–H and O–H groups in total. The zero-order valence-electron chi connectivity index (χ0n) is 6.64. The second kappa shape index (κ2) is 5.40. The summed E-state index contributed by atoms with van der Waals surface area (Å²) in [5, 5.41) is 0.189. The van der Waals surface area contributed by atoms with E-state index in [-0.39, 0.29) is 10.2 Å². The van der Waals surface area contributed by atoms with Gasteiger partial charge in [-0.25, -0.2) is 0 Å². The third-order valence-electron chi connectivity index (χ3n) is 1.32. The van der Waals surface area contributed by atoms with Gasteiger partial charge in [0.25, 0.3) is 6.08 Å². The molecule has 0 bridgehead atoms. The van der Waals surface area contributed by atoms with Crippen LogP contribution in [-0.2, 0) is 0 Å². The van der Waals surface area contributed by atoms with E-state index in [4.69, 9.17) is 0 Å². The highest BCUT2D eigenvalue weighted by molar-refractivity contribution is 9.09. The molecule has 0 fully saturated rings. The summed E-state index contributed by atoms with van der Waals surface area (Å²) in [5.41, 5.74) is 0. The lowest BCUT2D eigenvalue weighted by atomic mass is 10.4. The first-order valence-electron chi connectivity index (χ1n) is 3.57. The summed E-state index contributed by atoms with van der Waals surface area (Å²) in [6.45, 7) is 0. The minimum Gasteiger partial charge on any atom is -0.172 e. The topological polar surface area (TPSA) is 0 Å². The molecule has 1 aromatic rings. The monoisotopic (exact) mass is 264 g/mol. The van der Waals surface area contributed by atoms with E-state index in [0.717, 1.165) is 16.7 Å². The predicted octanol–water partition coefficient (Wildman–Crippen LogP) is 4.28. The Balaban J connectivity index is 2.74. The average Bonchev–Trinajstić information content (AvgIpc) is 2.15. The molecule has 0 aliphatic rings. The van der Waals surface area contributed by atoms with Gasteiger partial charge in [-0.1, -0.05) is 45.9 Å². The molecular formula is C9H7BrF2S. The fourth-order valence-corrected chi connectivity index (χ4v) is 2.01. The number of hydrogen-bond acceptors (Lipinski definition) is 1. The van der Waals surface area contributed by atoms with Gasteiger partial charge in [0.05, 0.1) is 4.91 Å². The van der Waals surface area contributed by atoms with Gasteiger partial charge >= 0.3 is 0 Å². The first-order chi connectivity index (χ1) is 6.24. The van der Waals surface area contributed by atoms with Crippen LogP contribution in [0.15, 0.2) is 46.2 Å². The molecule has 0 unspecified atom stereocenters. The van der Waals surface area contributed by atoms with Crippen LogP contribution in [0.4, 0.5) is 8.78 Å². The van der Waals surface area contributed by atoms with Crippen molar-refractivity contribution in [2.24, 2.45) is 0 Å². The van der Waals surface area contributed by atoms with Crippen LogP contribution in [-0.4, -0.2) is 5.33 Å². The van der Waals surface area contributed by atoms with E-state index in [1.165, 1.54) is 0 Å². The summed E-state index contributed by atoms with van der Waals surface area (Å²) in [7, 11) is 0. The van der Waals surface area contributed by atoms with E-state index >= 15 is 0 Å². The fourth-order valence-electron chi connectivity index (χ4n) is 0.747. The summed E-state index contributed by atoms with van der Waals surface area (Å²) in [6.07, 6.45) is -1.62. The Morgan fingerprint density at radius 3 is 2.31 bits per heavy atom. The molecule has 0 saturated carbocycles. The lowest BCUT2D eigenvalue weighted by Gasteiger charge is -2.01. The molecule has 4 heteroatoms. The largest absolute Gasteiger partial charge is 0.280 e. The second-order valence-corrected chi connectivity index (χ2v) is 3.96. The van der Waals surface area contributed by atoms with Crippen LogP contribution < -0.4 is 0 Å². The molecule has 0 aromatic heterocycles. The molecule has 0 aliphatic carbocycles. The Kier molecular flexibility index (Phi) is 4.45. The number of rotatable bonds is 3. The van der Waals surface area contributed by atoms with Gasteiger partial charge in [-0.15, -0.1) is 0 Å². The van der Waals surface area contributed by atoms with Crippen molar-refractivity contribution in [1.29, 1.82) is 0 Å². The molecule has 0 spiro atoms. The lowest BCUT2D eigenvalue weighted by Crippen LogP contribution is -1.80. The molecule has 70 valence electrons. The summed E-state index contributed by atoms with van der Waals surface area (Å²) < 4.78 is 24.4. The van der Waals surface area contributed by atoms with Gasteiger partial charge in [-0.2, -0.15) is 8.78 Å². The van der Waals surface area contributed by atoms with Gasteiger partial charge in [-0.05, 0) is 12.1 Å². The normalized spacial score (nSPS) is 9.77. The molecule has 1 aromatic carbocycles. The second-order valence-electron chi connectivity index (χ2n) is 2.23. The molecule has 0 heterocycles. The van der Waals surface area contributed by atoms with Crippen LogP contribution >= 0.6 is 27.7 Å². The first-order valence-corrected chi connectivity index (χ1v) is 5.51. The van der Waals surface area contributed by atoms with E-state index in [2.05, 4.69) is 15.9 Å². The van der Waals surface area contributed by atoms with Crippen LogP contribution in [0.3, 0.4) is 0 Å². The average molecular weight is 265 g/mol. The number of benzene rings is 1. The van der Waals surface area contributed by atoms with Crippen molar-refractivity contribution in [2.45, 2.75) is 4.90 Å². The van der Waals surface area contributed by atoms with Gasteiger partial charge in [0, 0.05) is 10.2 Å². The van der Waals surface area contributed by atoms with Crippen molar-refractivity contribution in [1.82, 2.24) is 0 Å². The van der Waals surface area contributed by atoms with Crippen LogP contribution in [0.25, 0.3) is 0 Å². The van der Waals surface area contributed by atoms with E-state index in [9.17, 15) is 8.78 Å². The molecule has 0 aliphatic heterocycles. The highest BCUT2D eigenvalue weighted by atomic mass is 79.9. The number of halogens is 3. The van der Waals surface area contributed by atoms with Crippen LogP contribution in [0.2, 0.25) is 0 Å². The van der Waals surface area contributed by atoms with Crippen LogP contribution in [0.5, 0.6) is 0 Å². The summed E-state index contributed by atoms with van der Waals surface area (Å²) in [6, 6.07) is 9.11. The standard InChI is InChI=1S/C9H7BrF2S/c10-6-8(9(11)12)13-7-4-2-1-3-5-7/h1-5H,6H2. The summed E-state index contributed by atoms with van der Waals surface area (Å²) in [4.78, 5) is 0.885. The highest BCUT2D eigenvalue weighted by Gasteiger charge is 2.05. The van der Waals surface area contributed by atoms with Crippen molar-refractivity contribution in [3.63, 3.8) is 0 Å². The van der Waals surface area contributed by atoms with Crippen LogP contribution in [0, 0.1) is 0 Å². The lowest BCUT2D eigenvalue weighted by molar-refractivity contribution is 0.418. The molecule has 0 nitrogen and oxygen atoms in total. The maximum atomic E-state index is 12.2. The molecular weight excluding hydrogens is 258 g/mol. The number of hydrogen-bond donors (Lipinski definition) is 0. The zero-order chi connectivity index (χ0) is 9.68. The Morgan fingerprint density at radius 2 is 1.85 bits per heavy atom. The van der Waals surface area contributed by atoms with Crippen LogP contribution in [0.1, 0.15) is 0 Å². The van der Waals surface area contributed by atoms with E-state index in [0.29, 0.717) is 0 Å². The fraction of sp³-hybridized carbons (Fsp3) is 0.111. The Labute approximate surface area is 88.2 Å². The van der Waals surface area contributed by atoms with Crippen molar-refractivity contribution in [3.05, 3.63) is 41.3 Å². The Bertz CT molecular complexity index is 294. The van der Waals surface area contributed by atoms with Crippen molar-refractivity contribution >= 4 is 27.7 Å². The number of thioether (sulfide) groups is 1. The van der Waals surface area contributed by atoms with Gasteiger partial charge in [-0.3, -0.25) is 0 Å². The smallest absolute Gasteiger partial charge is 0.172 e. The molecule has 0 amide bonds. The quantitative estimate of drug-likeness (QED) is 0.580. The Hall–Kier alpha value is -0.350. The third kappa shape index (κ3) is 3.48. The maximum Gasteiger partial charge on any atom is 0.280 e. The highest BCUT2D eigenvalue weighted by Crippen LogP contribution is 2.30. The van der Waals surface area contributed by atoms with Crippen molar-refractivity contribution in [3.8, 4) is 0 Å². The third-order valence-corrected chi connectivity index (χ3v) is 3.30. The molecule has 0 radical (unpaired) electrons. The van der Waals surface area contributed by atoms with Gasteiger partial charge < -0.3 is 0 Å². The minimum absolute atomic E-state index is 0.0613. The van der Waals surface area contributed by atoms with Gasteiger partial charge in [0.15, 0.2) is 0 Å².